The third kappa shape index (κ3) is 3.09. The zero-order valence-corrected chi connectivity index (χ0v) is 20.9. The average Bonchev–Trinajstić information content (AvgIpc) is 3.78. The van der Waals surface area contributed by atoms with E-state index >= 15 is 0 Å². The van der Waals surface area contributed by atoms with E-state index in [2.05, 4.69) is 33.8 Å². The van der Waals surface area contributed by atoms with Gasteiger partial charge in [-0.3, -0.25) is 4.57 Å². The van der Waals surface area contributed by atoms with Crippen LogP contribution in [-0.4, -0.2) is 19.5 Å². The van der Waals surface area contributed by atoms with Gasteiger partial charge in [-0.15, -0.1) is 0 Å². The largest absolute Gasteiger partial charge is 0.436 e. The van der Waals surface area contributed by atoms with Gasteiger partial charge in [-0.1, -0.05) is 48.5 Å². The number of aromatic nitrogens is 4. The lowest BCUT2D eigenvalue weighted by atomic mass is 10.2. The van der Waals surface area contributed by atoms with Crippen LogP contribution in [0.15, 0.2) is 122 Å². The SMILES string of the molecule is c1ccc2oc(-c3ccc4nc(-c5ccc6oc(-n7c8ccccc8c8ccccc87)nc6c5)oc4c3)nc2c1. The molecule has 188 valence electrons. The minimum Gasteiger partial charge on any atom is -0.436 e. The van der Waals surface area contributed by atoms with E-state index in [1.54, 1.807) is 0 Å². The number of hydrogen-bond acceptors (Lipinski definition) is 6. The molecule has 0 saturated carbocycles. The fourth-order valence-corrected chi connectivity index (χ4v) is 5.45. The van der Waals surface area contributed by atoms with Crippen molar-refractivity contribution >= 4 is 55.1 Å². The number of fused-ring (bicyclic) bond motifs is 6. The van der Waals surface area contributed by atoms with E-state index in [0.717, 1.165) is 55.1 Å². The van der Waals surface area contributed by atoms with Crippen LogP contribution in [0.1, 0.15) is 0 Å². The standard InChI is InChI=1S/C33H18N4O3/c1-4-10-26-21(7-1)22-8-2-5-11-27(22)37(26)33-36-25-17-19(14-16-29(25)40-33)31-35-24-15-13-20(18-30(24)39-31)32-34-23-9-3-6-12-28(23)38-32/h1-18H. The first-order valence-corrected chi connectivity index (χ1v) is 12.9. The van der Waals surface area contributed by atoms with Crippen molar-refractivity contribution in [2.45, 2.75) is 0 Å². The van der Waals surface area contributed by atoms with Crippen LogP contribution in [0.25, 0.3) is 84.0 Å². The van der Waals surface area contributed by atoms with Gasteiger partial charge in [-0.2, -0.15) is 4.98 Å². The van der Waals surface area contributed by atoms with Gasteiger partial charge in [0.1, 0.15) is 16.6 Å². The van der Waals surface area contributed by atoms with E-state index in [1.807, 2.05) is 84.9 Å². The second-order valence-electron chi connectivity index (χ2n) is 9.74. The molecule has 0 aliphatic heterocycles. The van der Waals surface area contributed by atoms with E-state index in [1.165, 1.54) is 0 Å². The Hall–Kier alpha value is -5.69. The van der Waals surface area contributed by atoms with Crippen molar-refractivity contribution < 1.29 is 13.3 Å². The minimum absolute atomic E-state index is 0.507. The fraction of sp³-hybridized carbons (Fsp3) is 0. The molecule has 0 bridgehead atoms. The van der Waals surface area contributed by atoms with Crippen molar-refractivity contribution in [2.75, 3.05) is 0 Å². The molecule has 7 heteroatoms. The Morgan fingerprint density at radius 3 is 1.82 bits per heavy atom. The first-order valence-electron chi connectivity index (χ1n) is 12.9. The first-order chi connectivity index (χ1) is 19.8. The molecule has 4 heterocycles. The van der Waals surface area contributed by atoms with Crippen LogP contribution in [0, 0.1) is 0 Å². The van der Waals surface area contributed by atoms with Gasteiger partial charge in [-0.25, -0.2) is 9.97 Å². The van der Waals surface area contributed by atoms with Crippen molar-refractivity contribution in [3.05, 3.63) is 109 Å². The maximum Gasteiger partial charge on any atom is 0.307 e. The lowest BCUT2D eigenvalue weighted by molar-refractivity contribution is 0.574. The topological polar surface area (TPSA) is 83.0 Å². The first kappa shape index (κ1) is 21.3. The van der Waals surface area contributed by atoms with E-state index in [9.17, 15) is 0 Å². The summed E-state index contributed by atoms with van der Waals surface area (Å²) in [5, 5.41) is 2.31. The highest BCUT2D eigenvalue weighted by Crippen LogP contribution is 2.34. The molecular weight excluding hydrogens is 500 g/mol. The molecule has 9 aromatic rings. The van der Waals surface area contributed by atoms with Gasteiger partial charge in [0.15, 0.2) is 16.7 Å². The maximum atomic E-state index is 6.25. The average molecular weight is 519 g/mol. The predicted octanol–water partition coefficient (Wildman–Crippen LogP) is 8.54. The number of benzene rings is 5. The van der Waals surface area contributed by atoms with Crippen molar-refractivity contribution in [3.8, 4) is 28.9 Å². The van der Waals surface area contributed by atoms with E-state index in [-0.39, 0.29) is 0 Å². The molecule has 0 aliphatic rings. The van der Waals surface area contributed by atoms with E-state index in [0.29, 0.717) is 29.0 Å². The molecule has 0 N–H and O–H groups in total. The molecule has 0 aliphatic carbocycles. The summed E-state index contributed by atoms with van der Waals surface area (Å²) in [6.07, 6.45) is 0. The summed E-state index contributed by atoms with van der Waals surface area (Å²) in [5.41, 5.74) is 8.12. The normalized spacial score (nSPS) is 12.0. The van der Waals surface area contributed by atoms with Crippen LogP contribution in [0.4, 0.5) is 0 Å². The van der Waals surface area contributed by atoms with Crippen LogP contribution in [0.2, 0.25) is 0 Å². The van der Waals surface area contributed by atoms with Gasteiger partial charge < -0.3 is 13.3 Å². The third-order valence-electron chi connectivity index (χ3n) is 7.32. The molecule has 4 aromatic heterocycles. The summed E-state index contributed by atoms with van der Waals surface area (Å²) < 4.78 is 20.4. The number of rotatable bonds is 3. The Balaban J connectivity index is 1.13. The Kier molecular flexibility index (Phi) is 4.20. The van der Waals surface area contributed by atoms with Crippen molar-refractivity contribution in [1.82, 2.24) is 19.5 Å². The van der Waals surface area contributed by atoms with E-state index in [4.69, 9.17) is 23.2 Å². The molecule has 0 radical (unpaired) electrons. The van der Waals surface area contributed by atoms with Gasteiger partial charge >= 0.3 is 6.01 Å². The minimum atomic E-state index is 0.507. The molecule has 7 nitrogen and oxygen atoms in total. The zero-order chi connectivity index (χ0) is 26.2. The summed E-state index contributed by atoms with van der Waals surface area (Å²) >= 11 is 0. The Bertz CT molecular complexity index is 2320. The molecular formula is C33H18N4O3. The summed E-state index contributed by atoms with van der Waals surface area (Å²) in [7, 11) is 0. The Labute approximate surface area is 225 Å². The van der Waals surface area contributed by atoms with Gasteiger partial charge in [0.05, 0.1) is 11.0 Å². The van der Waals surface area contributed by atoms with Crippen LogP contribution >= 0.6 is 0 Å². The summed E-state index contributed by atoms with van der Waals surface area (Å²) in [5.74, 6) is 1.05. The van der Waals surface area contributed by atoms with Crippen LogP contribution in [-0.2, 0) is 0 Å². The third-order valence-corrected chi connectivity index (χ3v) is 7.32. The molecule has 0 saturated heterocycles. The summed E-state index contributed by atoms with van der Waals surface area (Å²) in [6, 6.07) is 36.4. The number of hydrogen-bond donors (Lipinski definition) is 0. The van der Waals surface area contributed by atoms with Crippen molar-refractivity contribution in [2.24, 2.45) is 0 Å². The highest BCUT2D eigenvalue weighted by Gasteiger charge is 2.18. The fourth-order valence-electron chi connectivity index (χ4n) is 5.45. The van der Waals surface area contributed by atoms with Crippen LogP contribution in [0.3, 0.4) is 0 Å². The molecule has 40 heavy (non-hydrogen) atoms. The summed E-state index contributed by atoms with van der Waals surface area (Å²) in [4.78, 5) is 14.2. The lowest BCUT2D eigenvalue weighted by Crippen LogP contribution is -1.93. The maximum absolute atomic E-state index is 6.25. The predicted molar refractivity (Wildman–Crippen MR) is 154 cm³/mol. The molecule has 0 unspecified atom stereocenters. The molecule has 9 rings (SSSR count). The van der Waals surface area contributed by atoms with Crippen molar-refractivity contribution in [3.63, 3.8) is 0 Å². The molecule has 5 aromatic carbocycles. The van der Waals surface area contributed by atoms with Crippen LogP contribution in [0.5, 0.6) is 0 Å². The number of nitrogens with zero attached hydrogens (tertiary/aromatic N) is 4. The molecule has 0 amide bonds. The van der Waals surface area contributed by atoms with Gasteiger partial charge in [-0.05, 0) is 60.7 Å². The smallest absolute Gasteiger partial charge is 0.307 e. The monoisotopic (exact) mass is 518 g/mol. The summed E-state index contributed by atoms with van der Waals surface area (Å²) in [6.45, 7) is 0. The second-order valence-corrected chi connectivity index (χ2v) is 9.74. The van der Waals surface area contributed by atoms with Crippen molar-refractivity contribution in [1.29, 1.82) is 0 Å². The van der Waals surface area contributed by atoms with Gasteiger partial charge in [0, 0.05) is 21.9 Å². The molecule has 0 fully saturated rings. The molecule has 0 spiro atoms. The quantitative estimate of drug-likeness (QED) is 0.233. The number of oxazole rings is 3. The van der Waals surface area contributed by atoms with Gasteiger partial charge in [0.25, 0.3) is 0 Å². The molecule has 0 atom stereocenters. The highest BCUT2D eigenvalue weighted by atomic mass is 16.4. The van der Waals surface area contributed by atoms with Crippen LogP contribution < -0.4 is 0 Å². The zero-order valence-electron chi connectivity index (χ0n) is 20.9. The van der Waals surface area contributed by atoms with Gasteiger partial charge in [0.2, 0.25) is 11.8 Å². The Morgan fingerprint density at radius 1 is 0.450 bits per heavy atom. The Morgan fingerprint density at radius 2 is 1.05 bits per heavy atom. The highest BCUT2D eigenvalue weighted by molar-refractivity contribution is 6.09. The number of para-hydroxylation sites is 4. The second kappa shape index (κ2) is 7.91. The lowest BCUT2D eigenvalue weighted by Gasteiger charge is -2.00. The van der Waals surface area contributed by atoms with E-state index < -0.39 is 0 Å².